The molecule has 0 spiro atoms. The first-order valence-corrected chi connectivity index (χ1v) is 7.74. The van der Waals surface area contributed by atoms with Gasteiger partial charge in [0, 0.05) is 6.20 Å². The Morgan fingerprint density at radius 2 is 1.83 bits per heavy atom. The first kappa shape index (κ1) is 14.5. The Kier molecular flexibility index (Phi) is 3.36. The number of nitrogens with zero attached hydrogens (tertiary/aromatic N) is 2. The molecule has 0 aliphatic rings. The van der Waals surface area contributed by atoms with Crippen LogP contribution in [0.1, 0.15) is 10.4 Å². The van der Waals surface area contributed by atoms with Crippen molar-refractivity contribution in [3.05, 3.63) is 71.4 Å². The number of para-hydroxylation sites is 2. The summed E-state index contributed by atoms with van der Waals surface area (Å²) < 4.78 is 1.97. The van der Waals surface area contributed by atoms with Crippen LogP contribution in [0.3, 0.4) is 0 Å². The highest BCUT2D eigenvalue weighted by molar-refractivity contribution is 6.33. The number of anilines is 2. The van der Waals surface area contributed by atoms with Crippen LogP contribution in [0.4, 0.5) is 11.5 Å². The van der Waals surface area contributed by atoms with Gasteiger partial charge in [-0.1, -0.05) is 29.8 Å². The lowest BCUT2D eigenvalue weighted by molar-refractivity contribution is 0.100. The molecule has 24 heavy (non-hydrogen) atoms. The van der Waals surface area contributed by atoms with Crippen molar-refractivity contribution < 1.29 is 4.79 Å². The normalized spacial score (nSPS) is 11.0. The molecule has 4 aromatic rings. The summed E-state index contributed by atoms with van der Waals surface area (Å²) >= 11 is 6.23. The van der Waals surface area contributed by atoms with Gasteiger partial charge in [0.05, 0.1) is 27.3 Å². The predicted molar refractivity (Wildman–Crippen MR) is 96.0 cm³/mol. The molecule has 0 fully saturated rings. The van der Waals surface area contributed by atoms with Crippen LogP contribution in [-0.2, 0) is 0 Å². The molecule has 2 aromatic carbocycles. The van der Waals surface area contributed by atoms with E-state index in [2.05, 4.69) is 10.3 Å². The molecule has 0 radical (unpaired) electrons. The second-order valence-corrected chi connectivity index (χ2v) is 5.77. The summed E-state index contributed by atoms with van der Waals surface area (Å²) in [6, 6.07) is 16.7. The van der Waals surface area contributed by atoms with E-state index in [0.29, 0.717) is 21.9 Å². The average molecular weight is 337 g/mol. The Bertz CT molecular complexity index is 1090. The Hall–Kier alpha value is -3.05. The van der Waals surface area contributed by atoms with Crippen molar-refractivity contribution >= 4 is 45.6 Å². The molecule has 5 nitrogen and oxygen atoms in total. The number of fused-ring (bicyclic) bond motifs is 3. The van der Waals surface area contributed by atoms with Crippen molar-refractivity contribution in [2.45, 2.75) is 0 Å². The van der Waals surface area contributed by atoms with Crippen molar-refractivity contribution in [3.8, 4) is 0 Å². The second-order valence-electron chi connectivity index (χ2n) is 5.37. The third-order valence-corrected chi connectivity index (χ3v) is 4.21. The molecule has 0 saturated heterocycles. The van der Waals surface area contributed by atoms with Gasteiger partial charge in [-0.3, -0.25) is 4.79 Å². The van der Waals surface area contributed by atoms with Gasteiger partial charge in [-0.05, 0) is 36.4 Å². The standard InChI is InChI=1S/C18H13ClN4O/c19-12-6-1-2-7-13(12)21-18-15-9-4-10-23(15)14-8-3-5-11(17(20)24)16(14)22-18/h1-10H,(H2,20,24)(H,21,22). The number of amides is 1. The molecule has 6 heteroatoms. The Labute approximate surface area is 142 Å². The maximum atomic E-state index is 11.7. The monoisotopic (exact) mass is 336 g/mol. The first-order chi connectivity index (χ1) is 11.6. The van der Waals surface area contributed by atoms with Gasteiger partial charge < -0.3 is 15.5 Å². The number of nitrogens with one attached hydrogen (secondary N) is 1. The SMILES string of the molecule is NC(=O)c1cccc2c1nc(Nc1ccccc1Cl)c1cccn12. The number of primary amides is 1. The van der Waals surface area contributed by atoms with Crippen LogP contribution in [-0.4, -0.2) is 15.3 Å². The maximum absolute atomic E-state index is 11.7. The van der Waals surface area contributed by atoms with E-state index in [-0.39, 0.29) is 0 Å². The Morgan fingerprint density at radius 1 is 1.04 bits per heavy atom. The molecule has 2 aromatic heterocycles. The number of hydrogen-bond acceptors (Lipinski definition) is 3. The minimum atomic E-state index is -0.511. The van der Waals surface area contributed by atoms with E-state index in [1.54, 1.807) is 18.2 Å². The molecule has 0 aliphatic heterocycles. The van der Waals surface area contributed by atoms with E-state index < -0.39 is 5.91 Å². The fourth-order valence-electron chi connectivity index (χ4n) is 2.78. The van der Waals surface area contributed by atoms with Gasteiger partial charge in [-0.15, -0.1) is 0 Å². The molecule has 0 bridgehead atoms. The molecular weight excluding hydrogens is 324 g/mol. The molecule has 2 heterocycles. The number of halogens is 1. The van der Waals surface area contributed by atoms with Crippen LogP contribution in [0.25, 0.3) is 16.6 Å². The third-order valence-electron chi connectivity index (χ3n) is 3.88. The van der Waals surface area contributed by atoms with Crippen LogP contribution in [0.5, 0.6) is 0 Å². The van der Waals surface area contributed by atoms with Gasteiger partial charge in [0.2, 0.25) is 0 Å². The molecular formula is C18H13ClN4O. The van der Waals surface area contributed by atoms with Crippen molar-refractivity contribution in [2.24, 2.45) is 5.73 Å². The highest BCUT2D eigenvalue weighted by Gasteiger charge is 2.14. The minimum absolute atomic E-state index is 0.380. The molecule has 0 saturated carbocycles. The number of rotatable bonds is 3. The maximum Gasteiger partial charge on any atom is 0.250 e. The van der Waals surface area contributed by atoms with Gasteiger partial charge in [0.1, 0.15) is 5.52 Å². The molecule has 0 atom stereocenters. The average Bonchev–Trinajstić information content (AvgIpc) is 3.06. The summed E-state index contributed by atoms with van der Waals surface area (Å²) in [4.78, 5) is 16.4. The fraction of sp³-hybridized carbons (Fsp3) is 0. The van der Waals surface area contributed by atoms with E-state index in [9.17, 15) is 4.79 Å². The van der Waals surface area contributed by atoms with Crippen LogP contribution < -0.4 is 11.1 Å². The molecule has 1 amide bonds. The zero-order chi connectivity index (χ0) is 16.7. The zero-order valence-electron chi connectivity index (χ0n) is 12.5. The molecule has 4 rings (SSSR count). The Morgan fingerprint density at radius 3 is 2.62 bits per heavy atom. The molecule has 118 valence electrons. The van der Waals surface area contributed by atoms with Crippen molar-refractivity contribution in [1.82, 2.24) is 9.38 Å². The van der Waals surface area contributed by atoms with E-state index in [0.717, 1.165) is 16.7 Å². The second kappa shape index (κ2) is 5.54. The van der Waals surface area contributed by atoms with Crippen LogP contribution >= 0.6 is 11.6 Å². The van der Waals surface area contributed by atoms with Crippen LogP contribution in [0.15, 0.2) is 60.8 Å². The molecule has 3 N–H and O–H groups in total. The van der Waals surface area contributed by atoms with Gasteiger partial charge in [0.25, 0.3) is 5.91 Å². The lowest BCUT2D eigenvalue weighted by Gasteiger charge is -2.13. The molecule has 0 unspecified atom stereocenters. The van der Waals surface area contributed by atoms with Gasteiger partial charge in [-0.25, -0.2) is 4.98 Å². The highest BCUT2D eigenvalue weighted by atomic mass is 35.5. The molecule has 0 aliphatic carbocycles. The van der Waals surface area contributed by atoms with Crippen molar-refractivity contribution in [3.63, 3.8) is 0 Å². The number of benzene rings is 2. The summed E-state index contributed by atoms with van der Waals surface area (Å²) in [5, 5.41) is 3.83. The summed E-state index contributed by atoms with van der Waals surface area (Å²) in [5.74, 6) is 0.0950. The predicted octanol–water partition coefficient (Wildman–Crippen LogP) is 3.98. The number of hydrogen-bond donors (Lipinski definition) is 2. The van der Waals surface area contributed by atoms with Gasteiger partial charge in [-0.2, -0.15) is 0 Å². The number of nitrogens with two attached hydrogens (primary N) is 1. The van der Waals surface area contributed by atoms with Crippen LogP contribution in [0.2, 0.25) is 5.02 Å². The van der Waals surface area contributed by atoms with Crippen LogP contribution in [0, 0.1) is 0 Å². The van der Waals surface area contributed by atoms with Crippen molar-refractivity contribution in [2.75, 3.05) is 5.32 Å². The smallest absolute Gasteiger partial charge is 0.250 e. The highest BCUT2D eigenvalue weighted by Crippen LogP contribution is 2.29. The Balaban J connectivity index is 2.00. The summed E-state index contributed by atoms with van der Waals surface area (Å²) in [6.07, 6.45) is 1.92. The van der Waals surface area contributed by atoms with Crippen molar-refractivity contribution in [1.29, 1.82) is 0 Å². The van der Waals surface area contributed by atoms with E-state index in [1.165, 1.54) is 0 Å². The topological polar surface area (TPSA) is 72.4 Å². The lowest BCUT2D eigenvalue weighted by atomic mass is 10.1. The summed E-state index contributed by atoms with van der Waals surface area (Å²) in [6.45, 7) is 0. The van der Waals surface area contributed by atoms with E-state index in [1.807, 2.05) is 47.0 Å². The zero-order valence-corrected chi connectivity index (χ0v) is 13.3. The first-order valence-electron chi connectivity index (χ1n) is 7.36. The largest absolute Gasteiger partial charge is 0.366 e. The van der Waals surface area contributed by atoms with Gasteiger partial charge in [0.15, 0.2) is 5.82 Å². The lowest BCUT2D eigenvalue weighted by Crippen LogP contribution is -2.13. The number of aromatic nitrogens is 2. The van der Waals surface area contributed by atoms with E-state index >= 15 is 0 Å². The number of carbonyl (C=O) groups is 1. The third kappa shape index (κ3) is 2.26. The fourth-order valence-corrected chi connectivity index (χ4v) is 2.96. The minimum Gasteiger partial charge on any atom is -0.366 e. The summed E-state index contributed by atoms with van der Waals surface area (Å²) in [7, 11) is 0. The number of carbonyl (C=O) groups excluding carboxylic acids is 1. The quantitative estimate of drug-likeness (QED) is 0.594. The van der Waals surface area contributed by atoms with E-state index in [4.69, 9.17) is 17.3 Å². The van der Waals surface area contributed by atoms with Gasteiger partial charge >= 0.3 is 0 Å². The summed E-state index contributed by atoms with van der Waals surface area (Å²) in [5.41, 5.74) is 8.86.